The van der Waals surface area contributed by atoms with Gasteiger partial charge in [-0.05, 0) is 36.8 Å². The molecule has 0 aliphatic carbocycles. The molecule has 1 saturated heterocycles. The molecule has 2 unspecified atom stereocenters. The van der Waals surface area contributed by atoms with Crippen molar-refractivity contribution in [2.24, 2.45) is 5.92 Å². The molecule has 0 amide bonds. The van der Waals surface area contributed by atoms with E-state index in [2.05, 4.69) is 50.2 Å². The van der Waals surface area contributed by atoms with E-state index in [0.29, 0.717) is 6.04 Å². The van der Waals surface area contributed by atoms with Gasteiger partial charge in [-0.25, -0.2) is 4.98 Å². The minimum absolute atomic E-state index is 0.161. The maximum absolute atomic E-state index is 4.93. The molecular weight excluding hydrogens is 272 g/mol. The van der Waals surface area contributed by atoms with Crippen LogP contribution in [0.1, 0.15) is 57.3 Å². The highest BCUT2D eigenvalue weighted by molar-refractivity contribution is 7.99. The SMILES string of the molecule is CCCNC(c1nc(C(C)(C)C)cs1)C1CCSC1. The topological polar surface area (TPSA) is 24.9 Å². The van der Waals surface area contributed by atoms with E-state index >= 15 is 0 Å². The molecule has 2 atom stereocenters. The summed E-state index contributed by atoms with van der Waals surface area (Å²) >= 11 is 3.93. The summed E-state index contributed by atoms with van der Waals surface area (Å²) < 4.78 is 0. The van der Waals surface area contributed by atoms with Gasteiger partial charge in [-0.2, -0.15) is 11.8 Å². The Hall–Kier alpha value is -0.0600. The Bertz CT molecular complexity index is 389. The molecule has 1 fully saturated rings. The summed E-state index contributed by atoms with van der Waals surface area (Å²) in [4.78, 5) is 4.93. The smallest absolute Gasteiger partial charge is 0.110 e. The zero-order valence-electron chi connectivity index (χ0n) is 12.5. The maximum atomic E-state index is 4.93. The van der Waals surface area contributed by atoms with E-state index in [-0.39, 0.29) is 5.41 Å². The Balaban J connectivity index is 2.14. The second kappa shape index (κ2) is 6.59. The molecule has 1 aliphatic heterocycles. The Labute approximate surface area is 125 Å². The highest BCUT2D eigenvalue weighted by Gasteiger charge is 2.29. The fourth-order valence-electron chi connectivity index (χ4n) is 2.35. The van der Waals surface area contributed by atoms with E-state index in [1.54, 1.807) is 0 Å². The van der Waals surface area contributed by atoms with Gasteiger partial charge in [-0.15, -0.1) is 11.3 Å². The van der Waals surface area contributed by atoms with Crippen molar-refractivity contribution >= 4 is 23.1 Å². The van der Waals surface area contributed by atoms with E-state index < -0.39 is 0 Å². The van der Waals surface area contributed by atoms with E-state index in [4.69, 9.17) is 4.98 Å². The summed E-state index contributed by atoms with van der Waals surface area (Å²) in [5.41, 5.74) is 1.40. The molecule has 2 heterocycles. The molecule has 2 rings (SSSR count). The fourth-order valence-corrected chi connectivity index (χ4v) is 4.86. The van der Waals surface area contributed by atoms with Crippen molar-refractivity contribution in [1.29, 1.82) is 0 Å². The molecule has 1 N–H and O–H groups in total. The van der Waals surface area contributed by atoms with Crippen LogP contribution in [0, 0.1) is 5.92 Å². The third kappa shape index (κ3) is 3.96. The van der Waals surface area contributed by atoms with E-state index in [1.807, 2.05) is 11.3 Å². The van der Waals surface area contributed by atoms with Gasteiger partial charge in [0.25, 0.3) is 0 Å². The molecule has 0 aromatic carbocycles. The van der Waals surface area contributed by atoms with Gasteiger partial charge in [0.2, 0.25) is 0 Å². The first-order valence-corrected chi connectivity index (χ1v) is 9.33. The highest BCUT2D eigenvalue weighted by atomic mass is 32.2. The summed E-state index contributed by atoms with van der Waals surface area (Å²) in [5.74, 6) is 3.36. The van der Waals surface area contributed by atoms with Gasteiger partial charge in [-0.1, -0.05) is 27.7 Å². The van der Waals surface area contributed by atoms with E-state index in [0.717, 1.165) is 12.5 Å². The van der Waals surface area contributed by atoms with Gasteiger partial charge < -0.3 is 5.32 Å². The van der Waals surface area contributed by atoms with Crippen LogP contribution in [0.3, 0.4) is 0 Å². The summed E-state index contributed by atoms with van der Waals surface area (Å²) in [6.45, 7) is 10.1. The van der Waals surface area contributed by atoms with Crippen molar-refractivity contribution in [3.8, 4) is 0 Å². The average molecular weight is 299 g/mol. The summed E-state index contributed by atoms with van der Waals surface area (Å²) in [5, 5.41) is 7.27. The van der Waals surface area contributed by atoms with Gasteiger partial charge in [0.1, 0.15) is 5.01 Å². The van der Waals surface area contributed by atoms with Crippen LogP contribution in [0.4, 0.5) is 0 Å². The monoisotopic (exact) mass is 298 g/mol. The number of hydrogen-bond donors (Lipinski definition) is 1. The molecule has 1 aromatic heterocycles. The molecule has 0 spiro atoms. The van der Waals surface area contributed by atoms with E-state index in [1.165, 1.54) is 35.0 Å². The van der Waals surface area contributed by atoms with E-state index in [9.17, 15) is 0 Å². The quantitative estimate of drug-likeness (QED) is 0.880. The first kappa shape index (κ1) is 15.3. The van der Waals surface area contributed by atoms with Crippen LogP contribution in [0.15, 0.2) is 5.38 Å². The Morgan fingerprint density at radius 1 is 1.47 bits per heavy atom. The first-order chi connectivity index (χ1) is 9.02. The summed E-state index contributed by atoms with van der Waals surface area (Å²) in [6, 6.07) is 0.469. The lowest BCUT2D eigenvalue weighted by atomic mass is 9.93. The molecule has 0 bridgehead atoms. The van der Waals surface area contributed by atoms with Crippen molar-refractivity contribution in [3.05, 3.63) is 16.1 Å². The van der Waals surface area contributed by atoms with Crippen LogP contribution in [0.25, 0.3) is 0 Å². The zero-order valence-corrected chi connectivity index (χ0v) is 14.2. The number of hydrogen-bond acceptors (Lipinski definition) is 4. The summed E-state index contributed by atoms with van der Waals surface area (Å²) in [6.07, 6.45) is 2.52. The van der Waals surface area contributed by atoms with Crippen molar-refractivity contribution < 1.29 is 0 Å². The van der Waals surface area contributed by atoms with Gasteiger partial charge in [0, 0.05) is 10.8 Å². The number of aromatic nitrogens is 1. The van der Waals surface area contributed by atoms with Gasteiger partial charge >= 0.3 is 0 Å². The number of nitrogens with zero attached hydrogens (tertiary/aromatic N) is 1. The first-order valence-electron chi connectivity index (χ1n) is 7.29. The average Bonchev–Trinajstić information content (AvgIpc) is 2.99. The second-order valence-corrected chi connectivity index (χ2v) is 8.42. The zero-order chi connectivity index (χ0) is 13.9. The van der Waals surface area contributed by atoms with Crippen molar-refractivity contribution in [2.75, 3.05) is 18.1 Å². The molecule has 0 saturated carbocycles. The van der Waals surface area contributed by atoms with Crippen molar-refractivity contribution in [3.63, 3.8) is 0 Å². The van der Waals surface area contributed by atoms with Crippen LogP contribution in [-0.4, -0.2) is 23.0 Å². The van der Waals surface area contributed by atoms with Crippen LogP contribution in [-0.2, 0) is 5.41 Å². The number of nitrogens with one attached hydrogen (secondary N) is 1. The molecule has 1 aromatic rings. The molecule has 19 heavy (non-hydrogen) atoms. The normalized spacial score (nSPS) is 21.8. The van der Waals surface area contributed by atoms with Gasteiger partial charge in [0.15, 0.2) is 0 Å². The molecular formula is C15H26N2S2. The molecule has 4 heteroatoms. The Morgan fingerprint density at radius 2 is 2.26 bits per heavy atom. The third-order valence-corrected chi connectivity index (χ3v) is 5.72. The van der Waals surface area contributed by atoms with Crippen LogP contribution < -0.4 is 5.32 Å². The largest absolute Gasteiger partial charge is 0.308 e. The van der Waals surface area contributed by atoms with Crippen LogP contribution >= 0.6 is 23.1 Å². The molecule has 1 aliphatic rings. The fraction of sp³-hybridized carbons (Fsp3) is 0.800. The standard InChI is InChI=1S/C15H26N2S2/c1-5-7-16-13(11-6-8-18-9-11)14-17-12(10-19-14)15(2,3)4/h10-11,13,16H,5-9H2,1-4H3. The Morgan fingerprint density at radius 3 is 2.79 bits per heavy atom. The second-order valence-electron chi connectivity index (χ2n) is 6.38. The predicted molar refractivity (Wildman–Crippen MR) is 87.3 cm³/mol. The minimum atomic E-state index is 0.161. The number of rotatable bonds is 5. The van der Waals surface area contributed by atoms with Gasteiger partial charge in [0.05, 0.1) is 11.7 Å². The minimum Gasteiger partial charge on any atom is -0.308 e. The summed E-state index contributed by atoms with van der Waals surface area (Å²) in [7, 11) is 0. The number of thiazole rings is 1. The Kier molecular flexibility index (Phi) is 5.32. The lowest BCUT2D eigenvalue weighted by Crippen LogP contribution is -2.29. The van der Waals surface area contributed by atoms with Crippen molar-refractivity contribution in [2.45, 2.75) is 52.0 Å². The third-order valence-electron chi connectivity index (χ3n) is 3.61. The highest BCUT2D eigenvalue weighted by Crippen LogP contribution is 2.36. The molecule has 108 valence electrons. The van der Waals surface area contributed by atoms with Gasteiger partial charge in [-0.3, -0.25) is 0 Å². The maximum Gasteiger partial charge on any atom is 0.110 e. The lowest BCUT2D eigenvalue weighted by molar-refractivity contribution is 0.390. The van der Waals surface area contributed by atoms with Crippen LogP contribution in [0.2, 0.25) is 0 Å². The predicted octanol–water partition coefficient (Wildman–Crippen LogP) is 4.23. The van der Waals surface area contributed by atoms with Crippen molar-refractivity contribution in [1.82, 2.24) is 10.3 Å². The number of thioether (sulfide) groups is 1. The molecule has 0 radical (unpaired) electrons. The molecule has 2 nitrogen and oxygen atoms in total. The lowest BCUT2D eigenvalue weighted by Gasteiger charge is -2.22. The van der Waals surface area contributed by atoms with Crippen LogP contribution in [0.5, 0.6) is 0 Å².